The average Bonchev–Trinajstić information content (AvgIpc) is 3.59. The van der Waals surface area contributed by atoms with Gasteiger partial charge in [-0.2, -0.15) is 0 Å². The highest BCUT2D eigenvalue weighted by molar-refractivity contribution is 6.21. The molecule has 2 nitrogen and oxygen atoms in total. The van der Waals surface area contributed by atoms with Gasteiger partial charge in [0.15, 0.2) is 0 Å². The lowest BCUT2D eigenvalue weighted by molar-refractivity contribution is 1.10. The lowest BCUT2D eigenvalue weighted by Gasteiger charge is -2.18. The summed E-state index contributed by atoms with van der Waals surface area (Å²) < 4.78 is 44.0. The van der Waals surface area contributed by atoms with Gasteiger partial charge in [0.25, 0.3) is 0 Å². The second-order valence-electron chi connectivity index (χ2n) is 11.6. The Labute approximate surface area is 280 Å². The monoisotopic (exact) mass is 603 g/mol. The normalized spacial score (nSPS) is 12.9. The summed E-state index contributed by atoms with van der Waals surface area (Å²) in [6.45, 7) is 0. The third-order valence-corrected chi connectivity index (χ3v) is 8.88. The molecule has 0 saturated heterocycles. The smallest absolute Gasteiger partial charge is 0.145 e. The molecule has 0 bridgehead atoms. The van der Waals surface area contributed by atoms with Crippen molar-refractivity contribution in [3.63, 3.8) is 0 Å². The van der Waals surface area contributed by atoms with Gasteiger partial charge in [-0.05, 0) is 85.3 Å². The largest absolute Gasteiger partial charge is 0.292 e. The Morgan fingerprint density at radius 3 is 1.66 bits per heavy atom. The van der Waals surface area contributed by atoms with E-state index in [-0.39, 0.29) is 29.7 Å². The predicted octanol–water partition coefficient (Wildman–Crippen LogP) is 12.0. The average molecular weight is 604 g/mol. The molecule has 0 N–H and O–H groups in total. The van der Waals surface area contributed by atoms with Crippen molar-refractivity contribution in [2.24, 2.45) is 0 Å². The summed E-state index contributed by atoms with van der Waals surface area (Å²) in [7, 11) is 0. The minimum Gasteiger partial charge on any atom is -0.292 e. The molecule has 220 valence electrons. The van der Waals surface area contributed by atoms with Gasteiger partial charge < -0.3 is 0 Å². The molecule has 0 fully saturated rings. The van der Waals surface area contributed by atoms with Crippen LogP contribution >= 0.6 is 0 Å². The molecule has 8 aromatic carbocycles. The zero-order valence-corrected chi connectivity index (χ0v) is 25.3. The van der Waals surface area contributed by atoms with Crippen molar-refractivity contribution in [1.82, 2.24) is 9.55 Å². The zero-order valence-electron chi connectivity index (χ0n) is 30.3. The Kier molecular flexibility index (Phi) is 5.35. The lowest BCUT2D eigenvalue weighted by Crippen LogP contribution is -1.98. The number of imidazole rings is 1. The molecular weight excluding hydrogens is 569 g/mol. The van der Waals surface area contributed by atoms with Crippen molar-refractivity contribution in [3.8, 4) is 50.5 Å². The van der Waals surface area contributed by atoms with E-state index < -0.39 is 6.04 Å². The molecular formula is C45H30N2. The third kappa shape index (κ3) is 4.62. The van der Waals surface area contributed by atoms with E-state index in [2.05, 4.69) is 83.4 Å². The Morgan fingerprint density at radius 2 is 0.979 bits per heavy atom. The van der Waals surface area contributed by atoms with Gasteiger partial charge in [-0.15, -0.1) is 0 Å². The number of para-hydroxylation sites is 2. The van der Waals surface area contributed by atoms with Gasteiger partial charge in [-0.1, -0.05) is 152 Å². The van der Waals surface area contributed by atoms with Gasteiger partial charge in [-0.25, -0.2) is 4.98 Å². The molecule has 0 unspecified atom stereocenters. The maximum atomic E-state index is 8.61. The summed E-state index contributed by atoms with van der Waals surface area (Å²) in [6, 6.07) is 50.1. The van der Waals surface area contributed by atoms with E-state index >= 15 is 0 Å². The molecule has 1 aromatic heterocycles. The summed E-state index contributed by atoms with van der Waals surface area (Å²) in [5.74, 6) is 0.889. The maximum Gasteiger partial charge on any atom is 0.145 e. The molecule has 0 aliphatic carbocycles. The van der Waals surface area contributed by atoms with Gasteiger partial charge in [0.1, 0.15) is 5.82 Å². The lowest BCUT2D eigenvalue weighted by atomic mass is 9.85. The number of fused-ring (bicyclic) bond motifs is 3. The first-order valence-corrected chi connectivity index (χ1v) is 15.7. The summed E-state index contributed by atoms with van der Waals surface area (Å²) in [5, 5.41) is 4.31. The van der Waals surface area contributed by atoms with E-state index in [1.807, 2.05) is 72.8 Å². The van der Waals surface area contributed by atoms with Gasteiger partial charge in [0.2, 0.25) is 0 Å². The fourth-order valence-corrected chi connectivity index (χ4v) is 6.82. The summed E-state index contributed by atoms with van der Waals surface area (Å²) in [5.41, 5.74) is 8.95. The number of hydrogen-bond donors (Lipinski definition) is 0. The highest BCUT2D eigenvalue weighted by atomic mass is 15.1. The Bertz CT molecular complexity index is 2760. The minimum atomic E-state index is -0.398. The number of benzene rings is 8. The molecule has 0 atom stereocenters. The number of rotatable bonds is 5. The minimum absolute atomic E-state index is 0.194. The van der Waals surface area contributed by atoms with Crippen LogP contribution in [-0.2, 0) is 0 Å². The van der Waals surface area contributed by atoms with E-state index in [1.165, 1.54) is 0 Å². The van der Waals surface area contributed by atoms with Crippen molar-refractivity contribution in [3.05, 3.63) is 182 Å². The van der Waals surface area contributed by atoms with Crippen molar-refractivity contribution in [1.29, 1.82) is 0 Å². The SMILES string of the molecule is [2H]c1c([2H])c([2H])c(-c2cccc(-c3c4ccccc4c(-c4ccc(-n5c(-c6ccccc6)nc6ccccc65)cc4)c4ccccc34)c2)c([2H])c1[2H]. The van der Waals surface area contributed by atoms with Crippen molar-refractivity contribution >= 4 is 32.6 Å². The summed E-state index contributed by atoms with van der Waals surface area (Å²) in [6.07, 6.45) is 0. The summed E-state index contributed by atoms with van der Waals surface area (Å²) >= 11 is 0. The first-order valence-electron chi connectivity index (χ1n) is 18.2. The van der Waals surface area contributed by atoms with Crippen LogP contribution in [0.2, 0.25) is 0 Å². The van der Waals surface area contributed by atoms with Gasteiger partial charge in [0.05, 0.1) is 17.9 Å². The zero-order chi connectivity index (χ0) is 35.5. The van der Waals surface area contributed by atoms with Gasteiger partial charge in [-0.3, -0.25) is 4.57 Å². The van der Waals surface area contributed by atoms with Gasteiger partial charge in [0, 0.05) is 11.3 Å². The fraction of sp³-hybridized carbons (Fsp3) is 0. The van der Waals surface area contributed by atoms with Crippen LogP contribution < -0.4 is 0 Å². The van der Waals surface area contributed by atoms with E-state index in [1.54, 1.807) is 0 Å². The second kappa shape index (κ2) is 11.3. The molecule has 0 spiro atoms. The molecule has 0 aliphatic rings. The van der Waals surface area contributed by atoms with Crippen LogP contribution in [0, 0.1) is 0 Å². The van der Waals surface area contributed by atoms with E-state index in [0.29, 0.717) is 5.56 Å². The number of nitrogens with zero attached hydrogens (tertiary/aromatic N) is 2. The molecule has 9 rings (SSSR count). The van der Waals surface area contributed by atoms with Crippen molar-refractivity contribution in [2.75, 3.05) is 0 Å². The third-order valence-electron chi connectivity index (χ3n) is 8.88. The molecule has 0 saturated carbocycles. The predicted molar refractivity (Wildman–Crippen MR) is 198 cm³/mol. The Morgan fingerprint density at radius 1 is 0.426 bits per heavy atom. The van der Waals surface area contributed by atoms with Crippen LogP contribution in [0.15, 0.2) is 182 Å². The summed E-state index contributed by atoms with van der Waals surface area (Å²) in [4.78, 5) is 5.02. The van der Waals surface area contributed by atoms with Crippen LogP contribution in [0.5, 0.6) is 0 Å². The van der Waals surface area contributed by atoms with Crippen molar-refractivity contribution < 1.29 is 6.85 Å². The fourth-order valence-electron chi connectivity index (χ4n) is 6.82. The molecule has 0 aliphatic heterocycles. The Hall–Kier alpha value is -6.25. The number of aromatic nitrogens is 2. The molecule has 1 heterocycles. The second-order valence-corrected chi connectivity index (χ2v) is 11.6. The molecule has 47 heavy (non-hydrogen) atoms. The number of hydrogen-bond acceptors (Lipinski definition) is 1. The van der Waals surface area contributed by atoms with Crippen LogP contribution in [0.3, 0.4) is 0 Å². The quantitative estimate of drug-likeness (QED) is 0.179. The van der Waals surface area contributed by atoms with Crippen molar-refractivity contribution in [2.45, 2.75) is 0 Å². The molecule has 2 heteroatoms. The highest BCUT2D eigenvalue weighted by Gasteiger charge is 2.18. The van der Waals surface area contributed by atoms with Crippen LogP contribution in [-0.4, -0.2) is 9.55 Å². The first-order chi connectivity index (χ1) is 25.4. The standard InChI is InChI=1S/C45H30N2/c1-3-14-31(15-4-1)34-18-13-19-35(30-34)44-39-22-9-7-20-37(39)43(38-21-8-10-23-40(38)44)32-26-28-36(29-27-32)47-42-25-12-11-24-41(42)46-45(47)33-16-5-2-6-17-33/h1-30H/i1D,3D,4D,14D,15D. The maximum absolute atomic E-state index is 8.61. The van der Waals surface area contributed by atoms with E-state index in [0.717, 1.165) is 71.9 Å². The molecule has 9 aromatic rings. The van der Waals surface area contributed by atoms with Gasteiger partial charge >= 0.3 is 0 Å². The highest BCUT2D eigenvalue weighted by Crippen LogP contribution is 2.44. The molecule has 0 radical (unpaired) electrons. The van der Waals surface area contributed by atoms with Crippen LogP contribution in [0.4, 0.5) is 0 Å². The van der Waals surface area contributed by atoms with E-state index in [4.69, 9.17) is 11.8 Å². The van der Waals surface area contributed by atoms with Crippen LogP contribution in [0.1, 0.15) is 6.85 Å². The molecule has 0 amide bonds. The van der Waals surface area contributed by atoms with E-state index in [9.17, 15) is 0 Å². The van der Waals surface area contributed by atoms with Crippen LogP contribution in [0.25, 0.3) is 83.0 Å². The topological polar surface area (TPSA) is 17.8 Å². The Balaban J connectivity index is 1.23. The first kappa shape index (κ1) is 22.3.